The highest BCUT2D eigenvalue weighted by molar-refractivity contribution is 7.09. The van der Waals surface area contributed by atoms with Crippen LogP contribution in [0.5, 0.6) is 0 Å². The van der Waals surface area contributed by atoms with Crippen LogP contribution in [0, 0.1) is 0 Å². The summed E-state index contributed by atoms with van der Waals surface area (Å²) in [4.78, 5) is 4.51. The second kappa shape index (κ2) is 6.85. The number of rotatable bonds is 6. The molecule has 0 aliphatic heterocycles. The van der Waals surface area contributed by atoms with E-state index in [9.17, 15) is 0 Å². The van der Waals surface area contributed by atoms with Gasteiger partial charge in [0, 0.05) is 25.1 Å². The quantitative estimate of drug-likeness (QED) is 0.745. The molecule has 3 aromatic rings. The number of nitrogens with zero attached hydrogens (tertiary/aromatic N) is 2. The summed E-state index contributed by atoms with van der Waals surface area (Å²) in [6.07, 6.45) is 0.747. The summed E-state index contributed by atoms with van der Waals surface area (Å²) in [5.74, 6) is 0.833. The molecule has 0 aliphatic carbocycles. The first-order chi connectivity index (χ1) is 10.8. The Bertz CT molecular complexity index is 751. The van der Waals surface area contributed by atoms with Crippen molar-refractivity contribution in [3.8, 4) is 0 Å². The van der Waals surface area contributed by atoms with Crippen molar-refractivity contribution < 1.29 is 4.74 Å². The van der Waals surface area contributed by atoms with Gasteiger partial charge in [-0.05, 0) is 23.3 Å². The van der Waals surface area contributed by atoms with Crippen molar-refractivity contribution in [2.24, 2.45) is 0 Å². The van der Waals surface area contributed by atoms with Crippen LogP contribution in [0.4, 0.5) is 5.13 Å². The fourth-order valence-electron chi connectivity index (χ4n) is 2.50. The molecule has 1 aromatic heterocycles. The maximum atomic E-state index is 5.06. The summed E-state index contributed by atoms with van der Waals surface area (Å²) in [5, 5.41) is 6.83. The summed E-state index contributed by atoms with van der Waals surface area (Å²) >= 11 is 1.40. The minimum absolute atomic E-state index is 0.175. The lowest BCUT2D eigenvalue weighted by atomic mass is 10.00. The van der Waals surface area contributed by atoms with Gasteiger partial charge in [-0.1, -0.05) is 42.5 Å². The molecule has 5 heteroatoms. The first kappa shape index (κ1) is 14.9. The number of methoxy groups -OCH3 is 1. The molecule has 0 amide bonds. The zero-order chi connectivity index (χ0) is 15.4. The monoisotopic (exact) mass is 313 g/mol. The summed E-state index contributed by atoms with van der Waals surface area (Å²) in [6.45, 7) is 2.80. The molecule has 3 rings (SSSR count). The largest absolute Gasteiger partial charge is 0.384 e. The molecule has 22 heavy (non-hydrogen) atoms. The van der Waals surface area contributed by atoms with E-state index in [2.05, 4.69) is 64.1 Å². The molecule has 2 aromatic carbocycles. The van der Waals surface area contributed by atoms with Gasteiger partial charge >= 0.3 is 0 Å². The summed E-state index contributed by atoms with van der Waals surface area (Å²) in [6, 6.07) is 15.0. The predicted molar refractivity (Wildman–Crippen MR) is 91.5 cm³/mol. The first-order valence-electron chi connectivity index (χ1n) is 7.33. The predicted octanol–water partition coefficient (Wildman–Crippen LogP) is 4.05. The van der Waals surface area contributed by atoms with Crippen molar-refractivity contribution in [1.82, 2.24) is 9.36 Å². The number of hydrogen-bond donors (Lipinski definition) is 1. The average molecular weight is 313 g/mol. The molecule has 4 nitrogen and oxygen atoms in total. The molecule has 0 saturated carbocycles. The molecule has 114 valence electrons. The van der Waals surface area contributed by atoms with Crippen LogP contribution in [-0.2, 0) is 11.2 Å². The Balaban J connectivity index is 1.78. The Morgan fingerprint density at radius 1 is 1.18 bits per heavy atom. The number of ether oxygens (including phenoxy) is 1. The van der Waals surface area contributed by atoms with Crippen LogP contribution >= 0.6 is 11.5 Å². The highest BCUT2D eigenvalue weighted by Crippen LogP contribution is 2.27. The lowest BCUT2D eigenvalue weighted by molar-refractivity contribution is 0.201. The fourth-order valence-corrected chi connectivity index (χ4v) is 3.20. The van der Waals surface area contributed by atoms with E-state index in [-0.39, 0.29) is 6.04 Å². The van der Waals surface area contributed by atoms with Crippen LogP contribution in [0.25, 0.3) is 10.8 Å². The molecular formula is C17H19N3OS. The van der Waals surface area contributed by atoms with Gasteiger partial charge in [0.25, 0.3) is 0 Å². The van der Waals surface area contributed by atoms with Crippen LogP contribution in [0.3, 0.4) is 0 Å². The maximum absolute atomic E-state index is 5.06. The van der Waals surface area contributed by atoms with Gasteiger partial charge in [-0.25, -0.2) is 4.98 Å². The van der Waals surface area contributed by atoms with Gasteiger partial charge in [0.05, 0.1) is 12.6 Å². The Kier molecular flexibility index (Phi) is 4.65. The van der Waals surface area contributed by atoms with Crippen LogP contribution in [0.2, 0.25) is 0 Å². The Morgan fingerprint density at radius 3 is 2.86 bits per heavy atom. The summed E-state index contributed by atoms with van der Waals surface area (Å²) in [5.41, 5.74) is 1.27. The van der Waals surface area contributed by atoms with Gasteiger partial charge in [-0.15, -0.1) is 0 Å². The van der Waals surface area contributed by atoms with Gasteiger partial charge in [-0.3, -0.25) is 0 Å². The van der Waals surface area contributed by atoms with Gasteiger partial charge in [-0.2, -0.15) is 4.37 Å². The highest BCUT2D eigenvalue weighted by Gasteiger charge is 2.11. The first-order valence-corrected chi connectivity index (χ1v) is 8.11. The van der Waals surface area contributed by atoms with Gasteiger partial charge in [0.1, 0.15) is 5.82 Å². The second-order valence-corrected chi connectivity index (χ2v) is 5.94. The van der Waals surface area contributed by atoms with Gasteiger partial charge in [0.15, 0.2) is 0 Å². The highest BCUT2D eigenvalue weighted by atomic mass is 32.1. The minimum atomic E-state index is 0.175. The fraction of sp³-hybridized carbons (Fsp3) is 0.294. The zero-order valence-corrected chi connectivity index (χ0v) is 13.6. The van der Waals surface area contributed by atoms with E-state index in [0.29, 0.717) is 6.61 Å². The molecule has 0 fully saturated rings. The number of fused-ring (bicyclic) bond motifs is 1. The Morgan fingerprint density at radius 2 is 2.00 bits per heavy atom. The normalized spacial score (nSPS) is 12.5. The number of anilines is 1. The van der Waals surface area contributed by atoms with Crippen LogP contribution in [0.15, 0.2) is 42.5 Å². The van der Waals surface area contributed by atoms with E-state index < -0.39 is 0 Å². The molecule has 1 unspecified atom stereocenters. The number of nitrogens with one attached hydrogen (secondary N) is 1. The van der Waals surface area contributed by atoms with E-state index in [0.717, 1.165) is 17.4 Å². The summed E-state index contributed by atoms with van der Waals surface area (Å²) in [7, 11) is 1.69. The van der Waals surface area contributed by atoms with Crippen LogP contribution < -0.4 is 5.32 Å². The van der Waals surface area contributed by atoms with Crippen molar-refractivity contribution in [3.05, 3.63) is 53.9 Å². The molecule has 0 spiro atoms. The minimum Gasteiger partial charge on any atom is -0.384 e. The molecule has 0 radical (unpaired) electrons. The Hall–Kier alpha value is -1.98. The molecule has 0 aliphatic rings. The molecule has 1 heterocycles. The van der Waals surface area contributed by atoms with Crippen molar-refractivity contribution in [2.75, 3.05) is 19.0 Å². The lowest BCUT2D eigenvalue weighted by Crippen LogP contribution is -2.07. The van der Waals surface area contributed by atoms with Gasteiger partial charge in [0.2, 0.25) is 5.13 Å². The number of hydrogen-bond acceptors (Lipinski definition) is 5. The van der Waals surface area contributed by atoms with E-state index in [1.54, 1.807) is 7.11 Å². The van der Waals surface area contributed by atoms with Crippen molar-refractivity contribution >= 4 is 27.4 Å². The SMILES string of the molecule is COCCc1nsc(NC(C)c2cccc3ccccc23)n1. The topological polar surface area (TPSA) is 47.0 Å². The smallest absolute Gasteiger partial charge is 0.203 e. The summed E-state index contributed by atoms with van der Waals surface area (Å²) < 4.78 is 9.41. The van der Waals surface area contributed by atoms with E-state index in [1.165, 1.54) is 27.9 Å². The van der Waals surface area contributed by atoms with Crippen molar-refractivity contribution in [2.45, 2.75) is 19.4 Å². The maximum Gasteiger partial charge on any atom is 0.203 e. The third kappa shape index (κ3) is 3.26. The van der Waals surface area contributed by atoms with Crippen LogP contribution in [0.1, 0.15) is 24.4 Å². The van der Waals surface area contributed by atoms with Crippen LogP contribution in [-0.4, -0.2) is 23.1 Å². The van der Waals surface area contributed by atoms with Gasteiger partial charge < -0.3 is 10.1 Å². The molecule has 0 saturated heterocycles. The second-order valence-electron chi connectivity index (χ2n) is 5.19. The van der Waals surface area contributed by atoms with Crippen molar-refractivity contribution in [3.63, 3.8) is 0 Å². The standard InChI is InChI=1S/C17H19N3OS/c1-12(18-17-19-16(20-22-17)10-11-21-2)14-9-5-7-13-6-3-4-8-15(13)14/h3-9,12H,10-11H2,1-2H3,(H,18,19,20). The number of aromatic nitrogens is 2. The molecule has 1 N–H and O–H groups in total. The third-order valence-electron chi connectivity index (χ3n) is 3.63. The third-order valence-corrected chi connectivity index (χ3v) is 4.31. The molecular weight excluding hydrogens is 294 g/mol. The average Bonchev–Trinajstić information content (AvgIpc) is 2.99. The Labute approximate surface area is 134 Å². The zero-order valence-electron chi connectivity index (χ0n) is 12.7. The molecule has 0 bridgehead atoms. The van der Waals surface area contributed by atoms with Crippen molar-refractivity contribution in [1.29, 1.82) is 0 Å². The number of benzene rings is 2. The van der Waals surface area contributed by atoms with E-state index >= 15 is 0 Å². The lowest BCUT2D eigenvalue weighted by Gasteiger charge is -2.15. The van der Waals surface area contributed by atoms with E-state index in [4.69, 9.17) is 4.74 Å². The molecule has 1 atom stereocenters. The van der Waals surface area contributed by atoms with E-state index in [1.807, 2.05) is 0 Å².